The maximum Gasteiger partial charge on any atom is 0.263 e. The van der Waals surface area contributed by atoms with Crippen LogP contribution in [0.1, 0.15) is 36.0 Å². The third kappa shape index (κ3) is 3.36. The molecule has 1 aromatic carbocycles. The van der Waals surface area contributed by atoms with Gasteiger partial charge in [-0.05, 0) is 33.3 Å². The van der Waals surface area contributed by atoms with Gasteiger partial charge in [-0.2, -0.15) is 0 Å². The van der Waals surface area contributed by atoms with Crippen molar-refractivity contribution in [3.8, 4) is 0 Å². The summed E-state index contributed by atoms with van der Waals surface area (Å²) in [5.41, 5.74) is 7.44. The number of fused-ring (bicyclic) bond motifs is 1. The van der Waals surface area contributed by atoms with Crippen LogP contribution in [-0.4, -0.2) is 24.7 Å². The number of benzene rings is 1. The average molecular weight is 306 g/mol. The molecule has 0 spiro atoms. The quantitative estimate of drug-likeness (QED) is 0.890. The molecule has 0 atom stereocenters. The highest BCUT2D eigenvalue weighted by Crippen LogP contribution is 2.35. The predicted molar refractivity (Wildman–Crippen MR) is 89.0 cm³/mol. The number of anilines is 1. The number of nitrogens with two attached hydrogens (primary N) is 1. The molecule has 2 rings (SSSR count). The molecule has 0 unspecified atom stereocenters. The van der Waals surface area contributed by atoms with E-state index in [0.717, 1.165) is 15.6 Å². The summed E-state index contributed by atoms with van der Waals surface area (Å²) in [7, 11) is 0. The Kier molecular flexibility index (Phi) is 4.54. The zero-order valence-corrected chi connectivity index (χ0v) is 13.8. The summed E-state index contributed by atoms with van der Waals surface area (Å²) in [5, 5.41) is 3.86. The van der Waals surface area contributed by atoms with E-state index in [4.69, 9.17) is 10.5 Å². The minimum atomic E-state index is -0.383. The summed E-state index contributed by atoms with van der Waals surface area (Å²) in [6, 6.07) is 5.94. The van der Waals surface area contributed by atoms with Crippen LogP contribution in [0.4, 0.5) is 5.69 Å². The van der Waals surface area contributed by atoms with Gasteiger partial charge in [-0.3, -0.25) is 4.79 Å². The van der Waals surface area contributed by atoms with E-state index in [1.165, 1.54) is 11.3 Å². The lowest BCUT2D eigenvalue weighted by atomic mass is 10.1. The summed E-state index contributed by atoms with van der Waals surface area (Å²) in [5.74, 6) is -0.138. The minimum absolute atomic E-state index is 0.138. The monoisotopic (exact) mass is 306 g/mol. The molecule has 2 aromatic rings. The molecule has 4 nitrogen and oxygen atoms in total. The molecule has 0 aliphatic rings. The molecule has 1 aromatic heterocycles. The SMILES string of the molecule is CCOC(C)(C)CNC(=O)c1sc2c(C)cccc2c1N. The van der Waals surface area contributed by atoms with Gasteiger partial charge in [0.1, 0.15) is 4.88 Å². The lowest BCUT2D eigenvalue weighted by Gasteiger charge is -2.24. The highest BCUT2D eigenvalue weighted by atomic mass is 32.1. The maximum atomic E-state index is 12.4. The molecular weight excluding hydrogens is 284 g/mol. The molecule has 1 heterocycles. The molecule has 0 bridgehead atoms. The van der Waals surface area contributed by atoms with Crippen LogP contribution < -0.4 is 11.1 Å². The van der Waals surface area contributed by atoms with E-state index in [0.29, 0.717) is 23.7 Å². The van der Waals surface area contributed by atoms with Gasteiger partial charge in [0.15, 0.2) is 0 Å². The van der Waals surface area contributed by atoms with Crippen molar-refractivity contribution < 1.29 is 9.53 Å². The number of ether oxygens (including phenoxy) is 1. The van der Waals surface area contributed by atoms with Crippen LogP contribution in [0.15, 0.2) is 18.2 Å². The highest BCUT2D eigenvalue weighted by Gasteiger charge is 2.22. The zero-order valence-electron chi connectivity index (χ0n) is 12.9. The van der Waals surface area contributed by atoms with Gasteiger partial charge >= 0.3 is 0 Å². The minimum Gasteiger partial charge on any atom is -0.397 e. The van der Waals surface area contributed by atoms with Gasteiger partial charge in [0.05, 0.1) is 11.3 Å². The number of nitrogens with one attached hydrogen (secondary N) is 1. The van der Waals surface area contributed by atoms with E-state index in [9.17, 15) is 4.79 Å². The van der Waals surface area contributed by atoms with Gasteiger partial charge in [-0.1, -0.05) is 18.2 Å². The maximum absolute atomic E-state index is 12.4. The summed E-state index contributed by atoms with van der Waals surface area (Å²) < 4.78 is 6.65. The first-order valence-electron chi connectivity index (χ1n) is 7.05. The van der Waals surface area contributed by atoms with Crippen molar-refractivity contribution >= 4 is 33.0 Å². The molecule has 21 heavy (non-hydrogen) atoms. The van der Waals surface area contributed by atoms with E-state index in [1.54, 1.807) is 0 Å². The van der Waals surface area contributed by atoms with Crippen LogP contribution in [0.25, 0.3) is 10.1 Å². The lowest BCUT2D eigenvalue weighted by molar-refractivity contribution is -0.00812. The fraction of sp³-hybridized carbons (Fsp3) is 0.438. The van der Waals surface area contributed by atoms with Crippen LogP contribution in [0.2, 0.25) is 0 Å². The van der Waals surface area contributed by atoms with Crippen LogP contribution in [-0.2, 0) is 4.74 Å². The topological polar surface area (TPSA) is 64.3 Å². The lowest BCUT2D eigenvalue weighted by Crippen LogP contribution is -2.40. The second-order valence-electron chi connectivity index (χ2n) is 5.67. The Hall–Kier alpha value is -1.59. The van der Waals surface area contributed by atoms with Gasteiger partial charge < -0.3 is 15.8 Å². The highest BCUT2D eigenvalue weighted by molar-refractivity contribution is 7.21. The third-order valence-electron chi connectivity index (χ3n) is 3.37. The van der Waals surface area contributed by atoms with Crippen molar-refractivity contribution in [2.24, 2.45) is 0 Å². The Bertz CT molecular complexity index is 662. The molecule has 114 valence electrons. The standard InChI is InChI=1S/C16H22N2O2S/c1-5-20-16(3,4)9-18-15(19)14-12(17)11-8-6-7-10(2)13(11)21-14/h6-8H,5,9,17H2,1-4H3,(H,18,19). The summed E-state index contributed by atoms with van der Waals surface area (Å²) in [4.78, 5) is 12.9. The first-order chi connectivity index (χ1) is 9.85. The number of thiophene rings is 1. The first kappa shape index (κ1) is 15.8. The fourth-order valence-electron chi connectivity index (χ4n) is 2.26. The number of amides is 1. The van der Waals surface area contributed by atoms with Crippen LogP contribution >= 0.6 is 11.3 Å². The molecule has 1 amide bonds. The predicted octanol–water partition coefficient (Wildman–Crippen LogP) is 3.34. The average Bonchev–Trinajstić information content (AvgIpc) is 2.76. The van der Waals surface area contributed by atoms with Crippen LogP contribution in [0.5, 0.6) is 0 Å². The van der Waals surface area contributed by atoms with Crippen molar-refractivity contribution in [2.75, 3.05) is 18.9 Å². The van der Waals surface area contributed by atoms with Crippen LogP contribution in [0, 0.1) is 6.92 Å². The van der Waals surface area contributed by atoms with Crippen molar-refractivity contribution in [2.45, 2.75) is 33.3 Å². The zero-order chi connectivity index (χ0) is 15.6. The van der Waals surface area contributed by atoms with E-state index in [1.807, 2.05) is 45.9 Å². The summed E-state index contributed by atoms with van der Waals surface area (Å²) in [6.45, 7) is 8.94. The Morgan fingerprint density at radius 2 is 2.14 bits per heavy atom. The van der Waals surface area contributed by atoms with Crippen molar-refractivity contribution in [1.82, 2.24) is 5.32 Å². The van der Waals surface area contributed by atoms with E-state index >= 15 is 0 Å². The largest absolute Gasteiger partial charge is 0.397 e. The smallest absolute Gasteiger partial charge is 0.263 e. The third-order valence-corrected chi connectivity index (χ3v) is 4.72. The van der Waals surface area contributed by atoms with Gasteiger partial charge in [0.25, 0.3) is 5.91 Å². The number of aryl methyl sites for hydroxylation is 1. The second kappa shape index (κ2) is 6.03. The van der Waals surface area contributed by atoms with E-state index < -0.39 is 0 Å². The van der Waals surface area contributed by atoms with E-state index in [-0.39, 0.29) is 11.5 Å². The Morgan fingerprint density at radius 1 is 1.43 bits per heavy atom. The Balaban J connectivity index is 2.20. The van der Waals surface area contributed by atoms with Crippen molar-refractivity contribution in [1.29, 1.82) is 0 Å². The Labute approximate surface area is 129 Å². The molecule has 3 N–H and O–H groups in total. The number of hydrogen-bond acceptors (Lipinski definition) is 4. The fourth-order valence-corrected chi connectivity index (χ4v) is 3.37. The number of carbonyl (C=O) groups is 1. The molecule has 0 radical (unpaired) electrons. The van der Waals surface area contributed by atoms with Gasteiger partial charge in [-0.25, -0.2) is 0 Å². The summed E-state index contributed by atoms with van der Waals surface area (Å²) in [6.07, 6.45) is 0. The molecule has 0 fully saturated rings. The summed E-state index contributed by atoms with van der Waals surface area (Å²) >= 11 is 1.44. The molecule has 0 aliphatic heterocycles. The van der Waals surface area contributed by atoms with Gasteiger partial charge in [-0.15, -0.1) is 11.3 Å². The van der Waals surface area contributed by atoms with Crippen molar-refractivity contribution in [3.05, 3.63) is 28.6 Å². The number of hydrogen-bond donors (Lipinski definition) is 2. The van der Waals surface area contributed by atoms with Crippen molar-refractivity contribution in [3.63, 3.8) is 0 Å². The van der Waals surface area contributed by atoms with Gasteiger partial charge in [0.2, 0.25) is 0 Å². The number of nitrogen functional groups attached to an aromatic ring is 1. The molecule has 0 saturated carbocycles. The van der Waals surface area contributed by atoms with E-state index in [2.05, 4.69) is 5.32 Å². The normalized spacial score (nSPS) is 11.8. The Morgan fingerprint density at radius 3 is 2.76 bits per heavy atom. The second-order valence-corrected chi connectivity index (χ2v) is 6.69. The van der Waals surface area contributed by atoms with Gasteiger partial charge in [0, 0.05) is 23.2 Å². The number of carbonyl (C=O) groups excluding carboxylic acids is 1. The first-order valence-corrected chi connectivity index (χ1v) is 7.87. The number of rotatable bonds is 5. The molecular formula is C16H22N2O2S. The van der Waals surface area contributed by atoms with Crippen LogP contribution in [0.3, 0.4) is 0 Å². The molecule has 0 aliphatic carbocycles. The molecule has 5 heteroatoms. The molecule has 0 saturated heterocycles.